The molecule has 1 amide bonds. The SMILES string of the molecule is CCO[Si](OCC)(OCC)C(CC)N(CC)C(=O)[O-]. The van der Waals surface area contributed by atoms with Gasteiger partial charge in [0.2, 0.25) is 0 Å². The van der Waals surface area contributed by atoms with Gasteiger partial charge in [-0.05, 0) is 34.1 Å². The van der Waals surface area contributed by atoms with E-state index in [1.54, 1.807) is 6.92 Å². The van der Waals surface area contributed by atoms with Gasteiger partial charge >= 0.3 is 8.80 Å². The minimum atomic E-state index is -3.07. The highest BCUT2D eigenvalue weighted by Gasteiger charge is 2.51. The van der Waals surface area contributed by atoms with Crippen LogP contribution in [-0.4, -0.2) is 51.8 Å². The summed E-state index contributed by atoms with van der Waals surface area (Å²) in [5.74, 6) is 0. The summed E-state index contributed by atoms with van der Waals surface area (Å²) in [5, 5.41) is 11.3. The van der Waals surface area contributed by atoms with Crippen LogP contribution in [0, 0.1) is 0 Å². The zero-order valence-corrected chi connectivity index (χ0v) is 13.6. The maximum absolute atomic E-state index is 11.3. The first-order chi connectivity index (χ1) is 9.02. The van der Waals surface area contributed by atoms with Crippen LogP contribution in [0.1, 0.15) is 41.0 Å². The van der Waals surface area contributed by atoms with Crippen molar-refractivity contribution >= 4 is 14.9 Å². The Balaban J connectivity index is 5.39. The molecule has 0 aliphatic heterocycles. The van der Waals surface area contributed by atoms with Crippen LogP contribution < -0.4 is 5.11 Å². The standard InChI is InChI=1S/C12H27NO5Si/c1-6-11(13(7-2)12(14)15)19(16-8-3,17-9-4)18-10-5/h11H,6-10H2,1-5H3,(H,14,15)/p-1. The first kappa shape index (κ1) is 18.4. The third-order valence-corrected chi connectivity index (χ3v) is 6.39. The van der Waals surface area contributed by atoms with E-state index < -0.39 is 20.6 Å². The zero-order valence-electron chi connectivity index (χ0n) is 12.6. The number of hydrogen-bond donors (Lipinski definition) is 0. The summed E-state index contributed by atoms with van der Waals surface area (Å²) < 4.78 is 17.3. The Morgan fingerprint density at radius 1 is 1.05 bits per heavy atom. The summed E-state index contributed by atoms with van der Waals surface area (Å²) >= 11 is 0. The van der Waals surface area contributed by atoms with Crippen LogP contribution in [0.15, 0.2) is 0 Å². The molecule has 1 atom stereocenters. The molecule has 0 aromatic heterocycles. The normalized spacial score (nSPS) is 13.3. The van der Waals surface area contributed by atoms with Crippen molar-refractivity contribution in [2.45, 2.75) is 46.7 Å². The smallest absolute Gasteiger partial charge is 0.524 e. The molecular formula is C12H26NO5Si-. The molecule has 7 heteroatoms. The number of carbonyl (C=O) groups is 1. The number of rotatable bonds is 10. The predicted octanol–water partition coefficient (Wildman–Crippen LogP) is 1.02. The van der Waals surface area contributed by atoms with Crippen LogP contribution in [0.3, 0.4) is 0 Å². The van der Waals surface area contributed by atoms with Crippen molar-refractivity contribution in [3.05, 3.63) is 0 Å². The average molecular weight is 292 g/mol. The van der Waals surface area contributed by atoms with E-state index in [1.807, 2.05) is 27.7 Å². The van der Waals surface area contributed by atoms with Crippen LogP contribution in [-0.2, 0) is 13.3 Å². The van der Waals surface area contributed by atoms with E-state index in [2.05, 4.69) is 0 Å². The maximum Gasteiger partial charge on any atom is 0.524 e. The lowest BCUT2D eigenvalue weighted by molar-refractivity contribution is -0.267. The molecule has 0 heterocycles. The summed E-state index contributed by atoms with van der Waals surface area (Å²) in [6, 6.07) is 0. The van der Waals surface area contributed by atoms with Gasteiger partial charge in [0.25, 0.3) is 0 Å². The molecule has 0 radical (unpaired) electrons. The highest BCUT2D eigenvalue weighted by molar-refractivity contribution is 6.62. The summed E-state index contributed by atoms with van der Waals surface area (Å²) in [6.45, 7) is 10.8. The average Bonchev–Trinajstić information content (AvgIpc) is 2.35. The van der Waals surface area contributed by atoms with Gasteiger partial charge in [0.05, 0.1) is 5.67 Å². The molecular weight excluding hydrogens is 266 g/mol. The summed E-state index contributed by atoms with van der Waals surface area (Å²) in [7, 11) is -3.07. The Labute approximate surface area is 117 Å². The molecule has 0 saturated heterocycles. The van der Waals surface area contributed by atoms with Gasteiger partial charge in [-0.15, -0.1) is 0 Å². The summed E-state index contributed by atoms with van der Waals surface area (Å²) in [4.78, 5) is 12.5. The Kier molecular flexibility index (Phi) is 8.99. The maximum atomic E-state index is 11.3. The van der Waals surface area contributed by atoms with Crippen molar-refractivity contribution in [3.63, 3.8) is 0 Å². The number of nitrogens with zero attached hydrogens (tertiary/aromatic N) is 1. The lowest BCUT2D eigenvalue weighted by Gasteiger charge is -2.41. The first-order valence-corrected chi connectivity index (χ1v) is 8.72. The van der Waals surface area contributed by atoms with Gasteiger partial charge in [-0.2, -0.15) is 0 Å². The van der Waals surface area contributed by atoms with Crippen LogP contribution in [0.5, 0.6) is 0 Å². The molecule has 0 saturated carbocycles. The van der Waals surface area contributed by atoms with Crippen molar-refractivity contribution in [1.82, 2.24) is 4.90 Å². The van der Waals surface area contributed by atoms with Crippen LogP contribution in [0.4, 0.5) is 4.79 Å². The van der Waals surface area contributed by atoms with E-state index in [4.69, 9.17) is 13.3 Å². The summed E-state index contributed by atoms with van der Waals surface area (Å²) in [5.41, 5.74) is -0.428. The minimum absolute atomic E-state index is 0.322. The molecule has 0 rings (SSSR count). The second kappa shape index (κ2) is 9.30. The van der Waals surface area contributed by atoms with E-state index >= 15 is 0 Å². The van der Waals surface area contributed by atoms with Crippen molar-refractivity contribution in [2.24, 2.45) is 0 Å². The Bertz CT molecular complexity index is 247. The molecule has 1 unspecified atom stereocenters. The molecule has 0 N–H and O–H groups in total. The lowest BCUT2D eigenvalue weighted by atomic mass is 10.4. The number of hydrogen-bond acceptors (Lipinski definition) is 5. The molecule has 0 aromatic rings. The Morgan fingerprint density at radius 3 is 1.68 bits per heavy atom. The lowest BCUT2D eigenvalue weighted by Crippen LogP contribution is -2.65. The molecule has 0 spiro atoms. The minimum Gasteiger partial charge on any atom is -0.530 e. The third kappa shape index (κ3) is 4.76. The highest BCUT2D eigenvalue weighted by Crippen LogP contribution is 2.22. The Hall–Kier alpha value is -0.633. The second-order valence-electron chi connectivity index (χ2n) is 3.88. The van der Waals surface area contributed by atoms with Gasteiger partial charge < -0.3 is 28.1 Å². The molecule has 6 nitrogen and oxygen atoms in total. The molecule has 0 aliphatic rings. The van der Waals surface area contributed by atoms with E-state index in [9.17, 15) is 9.90 Å². The van der Waals surface area contributed by atoms with E-state index in [0.717, 1.165) is 0 Å². The van der Waals surface area contributed by atoms with Crippen LogP contribution >= 0.6 is 0 Å². The molecule has 19 heavy (non-hydrogen) atoms. The second-order valence-corrected chi connectivity index (χ2v) is 6.62. The zero-order chi connectivity index (χ0) is 14.9. The van der Waals surface area contributed by atoms with Gasteiger partial charge in [-0.3, -0.25) is 0 Å². The molecule has 0 aliphatic carbocycles. The van der Waals surface area contributed by atoms with Gasteiger partial charge in [0.1, 0.15) is 6.09 Å². The fraction of sp³-hybridized carbons (Fsp3) is 0.917. The molecule has 0 fully saturated rings. The molecule has 0 bridgehead atoms. The van der Waals surface area contributed by atoms with Gasteiger partial charge in [-0.1, -0.05) is 6.92 Å². The molecule has 114 valence electrons. The van der Waals surface area contributed by atoms with Crippen molar-refractivity contribution in [2.75, 3.05) is 26.4 Å². The summed E-state index contributed by atoms with van der Waals surface area (Å²) in [6.07, 6.45) is -0.654. The Morgan fingerprint density at radius 2 is 1.47 bits per heavy atom. The fourth-order valence-corrected chi connectivity index (χ4v) is 5.36. The first-order valence-electron chi connectivity index (χ1n) is 6.92. The van der Waals surface area contributed by atoms with Crippen molar-refractivity contribution in [3.8, 4) is 0 Å². The van der Waals surface area contributed by atoms with Gasteiger partial charge in [0, 0.05) is 26.4 Å². The van der Waals surface area contributed by atoms with Crippen molar-refractivity contribution < 1.29 is 23.2 Å². The van der Waals surface area contributed by atoms with E-state index in [-0.39, 0.29) is 0 Å². The van der Waals surface area contributed by atoms with E-state index in [0.29, 0.717) is 32.8 Å². The van der Waals surface area contributed by atoms with Gasteiger partial charge in [-0.25, -0.2) is 0 Å². The largest absolute Gasteiger partial charge is 0.530 e. The van der Waals surface area contributed by atoms with Crippen molar-refractivity contribution in [1.29, 1.82) is 0 Å². The number of carboxylic acid groups (broad SMARTS) is 1. The topological polar surface area (TPSA) is 71.1 Å². The van der Waals surface area contributed by atoms with Gasteiger partial charge in [0.15, 0.2) is 0 Å². The quantitative estimate of drug-likeness (QED) is 0.562. The number of carbonyl (C=O) groups excluding carboxylic acids is 1. The number of amides is 1. The van der Waals surface area contributed by atoms with Crippen LogP contribution in [0.25, 0.3) is 0 Å². The van der Waals surface area contributed by atoms with Crippen LogP contribution in [0.2, 0.25) is 0 Å². The predicted molar refractivity (Wildman–Crippen MR) is 72.5 cm³/mol. The molecule has 0 aromatic carbocycles. The third-order valence-electron chi connectivity index (χ3n) is 2.78. The monoisotopic (exact) mass is 292 g/mol. The van der Waals surface area contributed by atoms with E-state index in [1.165, 1.54) is 4.90 Å². The highest BCUT2D eigenvalue weighted by atomic mass is 28.4. The fourth-order valence-electron chi connectivity index (χ4n) is 2.16.